The zero-order valence-corrected chi connectivity index (χ0v) is 10.4. The fourth-order valence-electron chi connectivity index (χ4n) is 2.47. The van der Waals surface area contributed by atoms with Gasteiger partial charge in [0, 0.05) is 19.6 Å². The predicted octanol–water partition coefficient (Wildman–Crippen LogP) is 2.27. The smallest absolute Gasteiger partial charge is 0.335 e. The first kappa shape index (κ1) is 12.1. The minimum absolute atomic E-state index is 0.381. The van der Waals surface area contributed by atoms with Gasteiger partial charge in [-0.05, 0) is 29.5 Å². The molecule has 0 radical (unpaired) electrons. The number of nitrogens with zero attached hydrogens (tertiary/aromatic N) is 1. The molecule has 0 unspecified atom stereocenters. The SMILES string of the molecule is CC1(C)CN(CCc2cccc(C(=O)O)c2)C1. The molecular weight excluding hydrogens is 214 g/mol. The van der Waals surface area contributed by atoms with Crippen molar-refractivity contribution in [2.24, 2.45) is 5.41 Å². The molecule has 1 heterocycles. The minimum Gasteiger partial charge on any atom is -0.478 e. The van der Waals surface area contributed by atoms with Gasteiger partial charge in [0.25, 0.3) is 0 Å². The third-order valence-electron chi connectivity index (χ3n) is 3.19. The molecule has 0 saturated carbocycles. The van der Waals surface area contributed by atoms with Crippen LogP contribution in [0.3, 0.4) is 0 Å². The highest BCUT2D eigenvalue weighted by molar-refractivity contribution is 5.87. The van der Waals surface area contributed by atoms with E-state index in [4.69, 9.17) is 5.11 Å². The number of hydrogen-bond donors (Lipinski definition) is 1. The number of hydrogen-bond acceptors (Lipinski definition) is 2. The van der Waals surface area contributed by atoms with E-state index in [1.165, 1.54) is 0 Å². The van der Waals surface area contributed by atoms with E-state index in [0.717, 1.165) is 31.6 Å². The van der Waals surface area contributed by atoms with Crippen LogP contribution < -0.4 is 0 Å². The van der Waals surface area contributed by atoms with Gasteiger partial charge >= 0.3 is 5.97 Å². The van der Waals surface area contributed by atoms with Gasteiger partial charge in [0.15, 0.2) is 0 Å². The van der Waals surface area contributed by atoms with Crippen LogP contribution in [-0.2, 0) is 6.42 Å². The largest absolute Gasteiger partial charge is 0.478 e. The van der Waals surface area contributed by atoms with E-state index >= 15 is 0 Å². The fraction of sp³-hybridized carbons (Fsp3) is 0.500. The number of carbonyl (C=O) groups is 1. The van der Waals surface area contributed by atoms with Crippen molar-refractivity contribution in [1.29, 1.82) is 0 Å². The van der Waals surface area contributed by atoms with Crippen LogP contribution in [0.2, 0.25) is 0 Å². The molecule has 1 aromatic carbocycles. The van der Waals surface area contributed by atoms with Gasteiger partial charge in [0.05, 0.1) is 5.56 Å². The van der Waals surface area contributed by atoms with E-state index in [9.17, 15) is 4.79 Å². The Bertz CT molecular complexity index is 418. The van der Waals surface area contributed by atoms with Gasteiger partial charge in [-0.15, -0.1) is 0 Å². The lowest BCUT2D eigenvalue weighted by Crippen LogP contribution is -2.53. The highest BCUT2D eigenvalue weighted by Gasteiger charge is 2.33. The van der Waals surface area contributed by atoms with Crippen molar-refractivity contribution in [1.82, 2.24) is 4.90 Å². The van der Waals surface area contributed by atoms with Crippen LogP contribution in [0.25, 0.3) is 0 Å². The van der Waals surface area contributed by atoms with Gasteiger partial charge in [-0.3, -0.25) is 0 Å². The Morgan fingerprint density at radius 2 is 2.12 bits per heavy atom. The Balaban J connectivity index is 1.87. The van der Waals surface area contributed by atoms with Crippen LogP contribution >= 0.6 is 0 Å². The summed E-state index contributed by atoms with van der Waals surface area (Å²) in [5.74, 6) is -0.850. The maximum Gasteiger partial charge on any atom is 0.335 e. The van der Waals surface area contributed by atoms with Crippen molar-refractivity contribution in [2.45, 2.75) is 20.3 Å². The molecule has 0 spiro atoms. The second kappa shape index (κ2) is 4.49. The quantitative estimate of drug-likeness (QED) is 0.867. The van der Waals surface area contributed by atoms with E-state index in [0.29, 0.717) is 11.0 Å². The second-order valence-electron chi connectivity index (χ2n) is 5.63. The lowest BCUT2D eigenvalue weighted by Gasteiger charge is -2.46. The van der Waals surface area contributed by atoms with E-state index in [1.54, 1.807) is 12.1 Å². The fourth-order valence-corrected chi connectivity index (χ4v) is 2.47. The first-order valence-electron chi connectivity index (χ1n) is 6.01. The summed E-state index contributed by atoms with van der Waals surface area (Å²) >= 11 is 0. The summed E-state index contributed by atoms with van der Waals surface area (Å²) in [4.78, 5) is 13.2. The summed E-state index contributed by atoms with van der Waals surface area (Å²) in [6, 6.07) is 7.22. The molecule has 92 valence electrons. The predicted molar refractivity (Wildman–Crippen MR) is 67.3 cm³/mol. The van der Waals surface area contributed by atoms with Gasteiger partial charge in [-0.2, -0.15) is 0 Å². The molecule has 2 rings (SSSR count). The maximum atomic E-state index is 10.8. The third-order valence-corrected chi connectivity index (χ3v) is 3.19. The van der Waals surface area contributed by atoms with Gasteiger partial charge < -0.3 is 10.0 Å². The molecule has 0 aliphatic carbocycles. The molecule has 3 nitrogen and oxygen atoms in total. The standard InChI is InChI=1S/C14H19NO2/c1-14(2)9-15(10-14)7-6-11-4-3-5-12(8-11)13(16)17/h3-5,8H,6-7,9-10H2,1-2H3,(H,16,17). The molecule has 0 aromatic heterocycles. The zero-order chi connectivity index (χ0) is 12.5. The summed E-state index contributed by atoms with van der Waals surface area (Å²) in [6.07, 6.45) is 0.928. The number of benzene rings is 1. The normalized spacial score (nSPS) is 18.7. The molecule has 1 N–H and O–H groups in total. The van der Waals surface area contributed by atoms with Crippen LogP contribution in [-0.4, -0.2) is 35.6 Å². The first-order chi connectivity index (χ1) is 7.96. The number of aromatic carboxylic acids is 1. The van der Waals surface area contributed by atoms with Gasteiger partial charge in [-0.1, -0.05) is 26.0 Å². The van der Waals surface area contributed by atoms with Crippen molar-refractivity contribution in [3.63, 3.8) is 0 Å². The number of carboxylic acid groups (broad SMARTS) is 1. The van der Waals surface area contributed by atoms with E-state index in [1.807, 2.05) is 12.1 Å². The van der Waals surface area contributed by atoms with Crippen molar-refractivity contribution < 1.29 is 9.90 Å². The molecule has 3 heteroatoms. The molecule has 0 amide bonds. The van der Waals surface area contributed by atoms with Crippen molar-refractivity contribution in [3.05, 3.63) is 35.4 Å². The summed E-state index contributed by atoms with van der Waals surface area (Å²) in [5.41, 5.74) is 1.95. The van der Waals surface area contributed by atoms with Crippen LogP contribution in [0.1, 0.15) is 29.8 Å². The Labute approximate surface area is 102 Å². The van der Waals surface area contributed by atoms with Crippen LogP contribution in [0.4, 0.5) is 0 Å². The van der Waals surface area contributed by atoms with Crippen molar-refractivity contribution >= 4 is 5.97 Å². The zero-order valence-electron chi connectivity index (χ0n) is 10.4. The molecule has 1 saturated heterocycles. The topological polar surface area (TPSA) is 40.5 Å². The van der Waals surface area contributed by atoms with Crippen LogP contribution in [0.5, 0.6) is 0 Å². The monoisotopic (exact) mass is 233 g/mol. The van der Waals surface area contributed by atoms with Gasteiger partial charge in [0.1, 0.15) is 0 Å². The molecule has 17 heavy (non-hydrogen) atoms. The Morgan fingerprint density at radius 3 is 2.71 bits per heavy atom. The summed E-state index contributed by atoms with van der Waals surface area (Å²) < 4.78 is 0. The highest BCUT2D eigenvalue weighted by atomic mass is 16.4. The van der Waals surface area contributed by atoms with E-state index < -0.39 is 5.97 Å². The first-order valence-corrected chi connectivity index (χ1v) is 6.01. The molecule has 1 aliphatic heterocycles. The molecule has 1 aromatic rings. The molecule has 1 fully saturated rings. The van der Waals surface area contributed by atoms with E-state index in [2.05, 4.69) is 18.7 Å². The second-order valence-corrected chi connectivity index (χ2v) is 5.63. The van der Waals surface area contributed by atoms with Crippen LogP contribution in [0, 0.1) is 5.41 Å². The Kier molecular flexibility index (Phi) is 3.20. The lowest BCUT2D eigenvalue weighted by molar-refractivity contribution is 0.0325. The Morgan fingerprint density at radius 1 is 1.41 bits per heavy atom. The average Bonchev–Trinajstić information content (AvgIpc) is 2.23. The number of carboxylic acids is 1. The molecule has 0 atom stereocenters. The average molecular weight is 233 g/mol. The van der Waals surface area contributed by atoms with Crippen molar-refractivity contribution in [3.8, 4) is 0 Å². The molecular formula is C14H19NO2. The van der Waals surface area contributed by atoms with Crippen LogP contribution in [0.15, 0.2) is 24.3 Å². The summed E-state index contributed by atoms with van der Waals surface area (Å²) in [6.45, 7) is 7.85. The van der Waals surface area contributed by atoms with Gasteiger partial charge in [-0.25, -0.2) is 4.79 Å². The Hall–Kier alpha value is -1.35. The van der Waals surface area contributed by atoms with E-state index in [-0.39, 0.29) is 0 Å². The summed E-state index contributed by atoms with van der Waals surface area (Å²) in [7, 11) is 0. The summed E-state index contributed by atoms with van der Waals surface area (Å²) in [5, 5.41) is 8.90. The number of rotatable bonds is 4. The van der Waals surface area contributed by atoms with Crippen molar-refractivity contribution in [2.75, 3.05) is 19.6 Å². The molecule has 0 bridgehead atoms. The number of likely N-dealkylation sites (tertiary alicyclic amines) is 1. The van der Waals surface area contributed by atoms with Gasteiger partial charge in [0.2, 0.25) is 0 Å². The lowest BCUT2D eigenvalue weighted by atomic mass is 9.84. The minimum atomic E-state index is -0.850. The third kappa shape index (κ3) is 3.07. The maximum absolute atomic E-state index is 10.8. The molecule has 1 aliphatic rings. The highest BCUT2D eigenvalue weighted by Crippen LogP contribution is 2.28.